The van der Waals surface area contributed by atoms with Gasteiger partial charge >= 0.3 is 0 Å². The van der Waals surface area contributed by atoms with Crippen molar-refractivity contribution in [1.82, 2.24) is 10.2 Å². The van der Waals surface area contributed by atoms with Gasteiger partial charge in [-0.05, 0) is 19.1 Å². The standard InChI is InChI=1S/C11H13N3O3/c1-6-10(11(16)14-13-6)7(5-9(12)15)8-3-2-4-17-8/h2-4,7H,5H2,1H3,(H2,12,15)(H2,13,14,16)/t7-/m0/s1. The highest BCUT2D eigenvalue weighted by molar-refractivity contribution is 5.75. The number of furan rings is 1. The number of aromatic nitrogens is 2. The van der Waals surface area contributed by atoms with E-state index in [0.717, 1.165) is 0 Å². The normalized spacial score (nSPS) is 12.5. The summed E-state index contributed by atoms with van der Waals surface area (Å²) in [5, 5.41) is 5.20. The van der Waals surface area contributed by atoms with E-state index in [4.69, 9.17) is 10.2 Å². The molecule has 1 amide bonds. The Morgan fingerprint density at radius 3 is 2.76 bits per heavy atom. The van der Waals surface area contributed by atoms with Crippen LogP contribution in [-0.2, 0) is 4.79 Å². The van der Waals surface area contributed by atoms with Crippen molar-refractivity contribution in [2.45, 2.75) is 19.3 Å². The van der Waals surface area contributed by atoms with Crippen molar-refractivity contribution in [2.75, 3.05) is 0 Å². The van der Waals surface area contributed by atoms with Gasteiger partial charge in [-0.1, -0.05) is 0 Å². The van der Waals surface area contributed by atoms with Crippen LogP contribution in [0.1, 0.15) is 29.4 Å². The maximum atomic E-state index is 11.7. The number of carbonyl (C=O) groups is 1. The van der Waals surface area contributed by atoms with Gasteiger partial charge in [0.25, 0.3) is 5.56 Å². The highest BCUT2D eigenvalue weighted by Gasteiger charge is 2.25. The minimum Gasteiger partial charge on any atom is -0.469 e. The number of nitrogens with one attached hydrogen (secondary N) is 2. The largest absolute Gasteiger partial charge is 0.469 e. The molecule has 0 bridgehead atoms. The molecule has 2 rings (SSSR count). The summed E-state index contributed by atoms with van der Waals surface area (Å²) in [6.07, 6.45) is 1.54. The summed E-state index contributed by atoms with van der Waals surface area (Å²) in [7, 11) is 0. The first-order valence-corrected chi connectivity index (χ1v) is 5.18. The molecular weight excluding hydrogens is 222 g/mol. The van der Waals surface area contributed by atoms with Crippen LogP contribution < -0.4 is 11.3 Å². The zero-order valence-electron chi connectivity index (χ0n) is 9.32. The lowest BCUT2D eigenvalue weighted by atomic mass is 9.93. The molecule has 0 saturated carbocycles. The quantitative estimate of drug-likeness (QED) is 0.723. The average molecular weight is 235 g/mol. The molecule has 0 unspecified atom stereocenters. The molecule has 0 spiro atoms. The van der Waals surface area contributed by atoms with Crippen molar-refractivity contribution in [1.29, 1.82) is 0 Å². The fourth-order valence-electron chi connectivity index (χ4n) is 1.91. The summed E-state index contributed by atoms with van der Waals surface area (Å²) in [6, 6.07) is 3.43. The molecule has 0 aliphatic heterocycles. The lowest BCUT2D eigenvalue weighted by Gasteiger charge is -2.10. The minimum atomic E-state index is -0.480. The van der Waals surface area contributed by atoms with Gasteiger partial charge in [0.1, 0.15) is 5.76 Å². The van der Waals surface area contributed by atoms with E-state index in [-0.39, 0.29) is 12.0 Å². The van der Waals surface area contributed by atoms with Crippen LogP contribution in [0.3, 0.4) is 0 Å². The van der Waals surface area contributed by atoms with Crippen molar-refractivity contribution in [3.05, 3.63) is 45.8 Å². The van der Waals surface area contributed by atoms with E-state index in [9.17, 15) is 9.59 Å². The molecule has 4 N–H and O–H groups in total. The molecule has 2 aromatic rings. The first-order chi connectivity index (χ1) is 8.09. The summed E-state index contributed by atoms with van der Waals surface area (Å²) >= 11 is 0. The predicted molar refractivity (Wildman–Crippen MR) is 60.5 cm³/mol. The van der Waals surface area contributed by atoms with Gasteiger partial charge in [0.15, 0.2) is 0 Å². The summed E-state index contributed by atoms with van der Waals surface area (Å²) in [5.41, 5.74) is 6.11. The molecule has 0 radical (unpaired) electrons. The van der Waals surface area contributed by atoms with Crippen molar-refractivity contribution in [3.8, 4) is 0 Å². The Balaban J connectivity index is 2.48. The molecule has 17 heavy (non-hydrogen) atoms. The zero-order chi connectivity index (χ0) is 12.4. The topological polar surface area (TPSA) is 105 Å². The molecule has 1 atom stereocenters. The van der Waals surface area contributed by atoms with Crippen LogP contribution in [0.5, 0.6) is 0 Å². The zero-order valence-corrected chi connectivity index (χ0v) is 9.32. The number of rotatable bonds is 4. The average Bonchev–Trinajstić information content (AvgIpc) is 2.86. The van der Waals surface area contributed by atoms with Gasteiger partial charge in [-0.15, -0.1) is 0 Å². The minimum absolute atomic E-state index is 0.0370. The molecule has 2 aromatic heterocycles. The molecular formula is C11H13N3O3. The lowest BCUT2D eigenvalue weighted by molar-refractivity contribution is -0.118. The Hall–Kier alpha value is -2.24. The molecule has 90 valence electrons. The third kappa shape index (κ3) is 2.15. The second-order valence-corrected chi connectivity index (χ2v) is 3.86. The maximum Gasteiger partial charge on any atom is 0.268 e. The number of aryl methyl sites for hydroxylation is 1. The maximum absolute atomic E-state index is 11.7. The van der Waals surface area contributed by atoms with Crippen LogP contribution in [0.4, 0.5) is 0 Å². The first-order valence-electron chi connectivity index (χ1n) is 5.18. The molecule has 0 fully saturated rings. The van der Waals surface area contributed by atoms with Gasteiger partial charge in [-0.25, -0.2) is 0 Å². The van der Waals surface area contributed by atoms with E-state index < -0.39 is 11.8 Å². The lowest BCUT2D eigenvalue weighted by Crippen LogP contribution is -2.20. The van der Waals surface area contributed by atoms with Crippen molar-refractivity contribution >= 4 is 5.91 Å². The highest BCUT2D eigenvalue weighted by atomic mass is 16.3. The highest BCUT2D eigenvalue weighted by Crippen LogP contribution is 2.27. The van der Waals surface area contributed by atoms with Crippen LogP contribution >= 0.6 is 0 Å². The second-order valence-electron chi connectivity index (χ2n) is 3.86. The van der Waals surface area contributed by atoms with Crippen LogP contribution in [-0.4, -0.2) is 16.1 Å². The van der Waals surface area contributed by atoms with E-state index in [1.165, 1.54) is 6.26 Å². The number of aromatic amines is 2. The van der Waals surface area contributed by atoms with Crippen LogP contribution in [0.15, 0.2) is 27.6 Å². The number of primary amides is 1. The van der Waals surface area contributed by atoms with Crippen molar-refractivity contribution < 1.29 is 9.21 Å². The molecule has 6 nitrogen and oxygen atoms in total. The first kappa shape index (κ1) is 11.3. The van der Waals surface area contributed by atoms with E-state index in [1.807, 2.05) is 0 Å². The number of carbonyl (C=O) groups excluding carboxylic acids is 1. The Kier molecular flexibility index (Phi) is 2.86. The molecule has 6 heteroatoms. The van der Waals surface area contributed by atoms with Crippen LogP contribution in [0.25, 0.3) is 0 Å². The van der Waals surface area contributed by atoms with Gasteiger partial charge in [0, 0.05) is 12.1 Å². The third-order valence-corrected chi connectivity index (χ3v) is 2.65. The van der Waals surface area contributed by atoms with Gasteiger partial charge < -0.3 is 15.2 Å². The van der Waals surface area contributed by atoms with Crippen molar-refractivity contribution in [3.63, 3.8) is 0 Å². The van der Waals surface area contributed by atoms with Crippen LogP contribution in [0.2, 0.25) is 0 Å². The number of amides is 1. The Morgan fingerprint density at radius 1 is 1.53 bits per heavy atom. The Labute approximate surface area is 96.8 Å². The summed E-state index contributed by atoms with van der Waals surface area (Å²) < 4.78 is 5.26. The van der Waals surface area contributed by atoms with Gasteiger partial charge in [-0.3, -0.25) is 14.7 Å². The summed E-state index contributed by atoms with van der Waals surface area (Å²) in [5.74, 6) is -0.374. The molecule has 0 aliphatic rings. The van der Waals surface area contributed by atoms with E-state index in [0.29, 0.717) is 17.0 Å². The SMILES string of the molecule is Cc1[nH][nH]c(=O)c1[C@@H](CC(N)=O)c1ccco1. The Bertz CT molecular complexity index is 565. The number of hydrogen-bond donors (Lipinski definition) is 3. The number of nitrogens with two attached hydrogens (primary N) is 1. The second kappa shape index (κ2) is 4.32. The van der Waals surface area contributed by atoms with Crippen molar-refractivity contribution in [2.24, 2.45) is 5.73 Å². The Morgan fingerprint density at radius 2 is 2.29 bits per heavy atom. The summed E-state index contributed by atoms with van der Waals surface area (Å²) in [4.78, 5) is 22.8. The third-order valence-electron chi connectivity index (χ3n) is 2.65. The number of H-pyrrole nitrogens is 2. The fraction of sp³-hybridized carbons (Fsp3) is 0.273. The van der Waals surface area contributed by atoms with E-state index >= 15 is 0 Å². The smallest absolute Gasteiger partial charge is 0.268 e. The van der Waals surface area contributed by atoms with E-state index in [1.54, 1.807) is 19.1 Å². The summed E-state index contributed by atoms with van der Waals surface area (Å²) in [6.45, 7) is 1.75. The van der Waals surface area contributed by atoms with Crippen LogP contribution in [0, 0.1) is 6.92 Å². The van der Waals surface area contributed by atoms with Gasteiger partial charge in [0.2, 0.25) is 5.91 Å². The van der Waals surface area contributed by atoms with Gasteiger partial charge in [-0.2, -0.15) is 0 Å². The predicted octanol–water partition coefficient (Wildman–Crippen LogP) is 0.612. The molecule has 0 saturated heterocycles. The fourth-order valence-corrected chi connectivity index (χ4v) is 1.91. The monoisotopic (exact) mass is 235 g/mol. The molecule has 0 aromatic carbocycles. The van der Waals surface area contributed by atoms with E-state index in [2.05, 4.69) is 10.2 Å². The molecule has 0 aliphatic carbocycles. The van der Waals surface area contributed by atoms with Gasteiger partial charge in [0.05, 0.1) is 17.7 Å². The molecule has 2 heterocycles. The number of hydrogen-bond acceptors (Lipinski definition) is 3.